The first-order valence-corrected chi connectivity index (χ1v) is 13.1. The molecule has 0 saturated carbocycles. The number of imide groups is 1. The molecule has 1 aliphatic rings. The zero-order valence-corrected chi connectivity index (χ0v) is 22.3. The zero-order chi connectivity index (χ0) is 26.0. The summed E-state index contributed by atoms with van der Waals surface area (Å²) >= 11 is 2.20. The summed E-state index contributed by atoms with van der Waals surface area (Å²) in [5, 5.41) is 8.13. The van der Waals surface area contributed by atoms with Crippen molar-refractivity contribution >= 4 is 57.8 Å². The van der Waals surface area contributed by atoms with Crippen molar-refractivity contribution in [3.63, 3.8) is 0 Å². The Morgan fingerprint density at radius 1 is 0.971 bits per heavy atom. The molecule has 2 heterocycles. The molecular weight excluding hydrogens is 565 g/mol. The molecule has 1 aliphatic heterocycles. The van der Waals surface area contributed by atoms with Crippen molar-refractivity contribution in [2.24, 2.45) is 5.92 Å². The number of halogens is 1. The first-order chi connectivity index (χ1) is 16.6. The number of carbonyl (C=O) groups excluding carboxylic acids is 5. The van der Waals surface area contributed by atoms with Crippen molar-refractivity contribution in [1.29, 1.82) is 0 Å². The molecule has 190 valence electrons. The Bertz CT molecular complexity index is 946. The maximum absolute atomic E-state index is 12.8. The van der Waals surface area contributed by atoms with Gasteiger partial charge in [-0.05, 0) is 37.8 Å². The number of unbranched alkanes of at least 4 members (excludes halogenated alkanes) is 2. The summed E-state index contributed by atoms with van der Waals surface area (Å²) in [5.41, 5.74) is 1.43. The highest BCUT2D eigenvalue weighted by molar-refractivity contribution is 14.1. The third-order valence-corrected chi connectivity index (χ3v) is 6.21. The summed E-state index contributed by atoms with van der Waals surface area (Å²) in [5.74, 6) is -1.90. The fraction of sp³-hybridized carbons (Fsp3) is 0.500. The molecule has 0 bridgehead atoms. The van der Waals surface area contributed by atoms with Crippen LogP contribution in [0.2, 0.25) is 0 Å². The van der Waals surface area contributed by atoms with E-state index in [0.717, 1.165) is 10.1 Å². The summed E-state index contributed by atoms with van der Waals surface area (Å²) in [6, 6.07) is 1.98. The highest BCUT2D eigenvalue weighted by Crippen LogP contribution is 2.11. The van der Waals surface area contributed by atoms with E-state index in [0.29, 0.717) is 31.5 Å². The van der Waals surface area contributed by atoms with Crippen LogP contribution in [0.5, 0.6) is 0 Å². The Balaban J connectivity index is 1.75. The van der Waals surface area contributed by atoms with Crippen LogP contribution in [0.1, 0.15) is 52.1 Å². The standard InChI is InChI=1S/C24H32IN5O5/c1-15(2)22(29-19(31)7-5-4-6-12-30-20(32)10-11-21(30)33)24(35)27-16(3)23(34)28-18-9-8-17(13-25)26-14-18/h8-11,14-16,22H,4-7,12-13H2,1-3H3,(H,27,35)(H,28,34)(H,29,31)/t16-,22-/m0/s1. The highest BCUT2D eigenvalue weighted by atomic mass is 127. The molecule has 0 radical (unpaired) electrons. The molecule has 11 heteroatoms. The van der Waals surface area contributed by atoms with Gasteiger partial charge in [-0.3, -0.25) is 33.9 Å². The van der Waals surface area contributed by atoms with E-state index in [1.807, 2.05) is 19.9 Å². The van der Waals surface area contributed by atoms with Crippen molar-refractivity contribution in [3.8, 4) is 0 Å². The quantitative estimate of drug-likeness (QED) is 0.138. The SMILES string of the molecule is CC(C)[C@H](NC(=O)CCCCCN1C(=O)C=CC1=O)C(=O)N[C@@H](C)C(=O)Nc1ccc(CI)nc1. The Kier molecular flexibility index (Phi) is 11.3. The van der Waals surface area contributed by atoms with Gasteiger partial charge in [0.25, 0.3) is 11.8 Å². The Labute approximate surface area is 218 Å². The van der Waals surface area contributed by atoms with Crippen LogP contribution < -0.4 is 16.0 Å². The molecule has 10 nitrogen and oxygen atoms in total. The van der Waals surface area contributed by atoms with Gasteiger partial charge in [-0.2, -0.15) is 0 Å². The lowest BCUT2D eigenvalue weighted by molar-refractivity contribution is -0.137. The van der Waals surface area contributed by atoms with E-state index in [1.54, 1.807) is 19.2 Å². The van der Waals surface area contributed by atoms with Gasteiger partial charge in [0.1, 0.15) is 12.1 Å². The number of anilines is 1. The number of hydrogen-bond donors (Lipinski definition) is 3. The molecule has 1 aromatic heterocycles. The number of nitrogens with one attached hydrogen (secondary N) is 3. The van der Waals surface area contributed by atoms with E-state index in [1.165, 1.54) is 17.1 Å². The first-order valence-electron chi connectivity index (χ1n) is 11.6. The molecule has 1 aromatic rings. The van der Waals surface area contributed by atoms with E-state index in [4.69, 9.17) is 0 Å². The molecule has 0 unspecified atom stereocenters. The minimum Gasteiger partial charge on any atom is -0.344 e. The highest BCUT2D eigenvalue weighted by Gasteiger charge is 2.27. The van der Waals surface area contributed by atoms with Crippen LogP contribution in [-0.2, 0) is 28.4 Å². The lowest BCUT2D eigenvalue weighted by atomic mass is 10.0. The van der Waals surface area contributed by atoms with Gasteiger partial charge in [-0.1, -0.05) is 42.9 Å². The average molecular weight is 597 g/mol. The average Bonchev–Trinajstić information content (AvgIpc) is 3.14. The van der Waals surface area contributed by atoms with Crippen LogP contribution >= 0.6 is 22.6 Å². The molecule has 0 fully saturated rings. The monoisotopic (exact) mass is 597 g/mol. The molecule has 0 aliphatic carbocycles. The van der Waals surface area contributed by atoms with Crippen molar-refractivity contribution in [2.75, 3.05) is 11.9 Å². The fourth-order valence-electron chi connectivity index (χ4n) is 3.36. The molecule has 5 amide bonds. The molecular formula is C24H32IN5O5. The van der Waals surface area contributed by atoms with Gasteiger partial charge in [-0.25, -0.2) is 0 Å². The van der Waals surface area contributed by atoms with Crippen LogP contribution in [0.3, 0.4) is 0 Å². The van der Waals surface area contributed by atoms with E-state index < -0.39 is 18.0 Å². The summed E-state index contributed by atoms with van der Waals surface area (Å²) in [6.45, 7) is 5.52. The van der Waals surface area contributed by atoms with Gasteiger partial charge in [-0.15, -0.1) is 0 Å². The second-order valence-electron chi connectivity index (χ2n) is 8.65. The van der Waals surface area contributed by atoms with Crippen molar-refractivity contribution < 1.29 is 24.0 Å². The second kappa shape index (κ2) is 13.9. The van der Waals surface area contributed by atoms with E-state index in [2.05, 4.69) is 43.5 Å². The molecule has 2 atom stereocenters. The van der Waals surface area contributed by atoms with Crippen molar-refractivity contribution in [3.05, 3.63) is 36.2 Å². The lowest BCUT2D eigenvalue weighted by Crippen LogP contribution is -2.53. The fourth-order valence-corrected chi connectivity index (χ4v) is 3.81. The van der Waals surface area contributed by atoms with Crippen LogP contribution in [0.4, 0.5) is 5.69 Å². The maximum atomic E-state index is 12.8. The zero-order valence-electron chi connectivity index (χ0n) is 20.2. The number of rotatable bonds is 13. The molecule has 35 heavy (non-hydrogen) atoms. The molecule has 3 N–H and O–H groups in total. The first kappa shape index (κ1) is 28.4. The van der Waals surface area contributed by atoms with Gasteiger partial charge in [0.2, 0.25) is 17.7 Å². The number of pyridine rings is 1. The smallest absolute Gasteiger partial charge is 0.253 e. The maximum Gasteiger partial charge on any atom is 0.253 e. The minimum atomic E-state index is -0.810. The van der Waals surface area contributed by atoms with Gasteiger partial charge >= 0.3 is 0 Å². The lowest BCUT2D eigenvalue weighted by Gasteiger charge is -2.24. The number of aromatic nitrogens is 1. The molecule has 0 spiro atoms. The number of amides is 5. The van der Waals surface area contributed by atoms with Crippen molar-refractivity contribution in [1.82, 2.24) is 20.5 Å². The van der Waals surface area contributed by atoms with Gasteiger partial charge in [0, 0.05) is 29.5 Å². The molecule has 2 rings (SSSR count). The number of alkyl halides is 1. The number of hydrogen-bond acceptors (Lipinski definition) is 6. The second-order valence-corrected chi connectivity index (χ2v) is 9.42. The predicted molar refractivity (Wildman–Crippen MR) is 139 cm³/mol. The Morgan fingerprint density at radius 2 is 1.66 bits per heavy atom. The van der Waals surface area contributed by atoms with Crippen molar-refractivity contribution in [2.45, 2.75) is 63.0 Å². The van der Waals surface area contributed by atoms with Crippen LogP contribution in [0.25, 0.3) is 0 Å². The summed E-state index contributed by atoms with van der Waals surface area (Å²) in [4.78, 5) is 66.1. The van der Waals surface area contributed by atoms with Crippen LogP contribution in [0, 0.1) is 5.92 Å². The third kappa shape index (κ3) is 9.04. The van der Waals surface area contributed by atoms with Gasteiger partial charge < -0.3 is 16.0 Å². The number of nitrogens with zero attached hydrogens (tertiary/aromatic N) is 2. The predicted octanol–water partition coefficient (Wildman–Crippen LogP) is 2.09. The largest absolute Gasteiger partial charge is 0.344 e. The Hall–Kier alpha value is -2.83. The van der Waals surface area contributed by atoms with Crippen LogP contribution in [-0.4, -0.2) is 58.0 Å². The minimum absolute atomic E-state index is 0.182. The van der Waals surface area contributed by atoms with Crippen LogP contribution in [0.15, 0.2) is 30.5 Å². The van der Waals surface area contributed by atoms with Gasteiger partial charge in [0.05, 0.1) is 17.6 Å². The van der Waals surface area contributed by atoms with E-state index >= 15 is 0 Å². The van der Waals surface area contributed by atoms with E-state index in [-0.39, 0.29) is 36.0 Å². The number of carbonyl (C=O) groups is 5. The third-order valence-electron chi connectivity index (χ3n) is 5.43. The summed E-state index contributed by atoms with van der Waals surface area (Å²) < 4.78 is 0.763. The normalized spacial score (nSPS) is 14.7. The van der Waals surface area contributed by atoms with Gasteiger partial charge in [0.15, 0.2) is 0 Å². The summed E-state index contributed by atoms with van der Waals surface area (Å²) in [7, 11) is 0. The molecule has 0 saturated heterocycles. The van der Waals surface area contributed by atoms with E-state index in [9.17, 15) is 24.0 Å². The topological polar surface area (TPSA) is 138 Å². The summed E-state index contributed by atoms with van der Waals surface area (Å²) in [6.07, 6.45) is 6.10. The molecule has 0 aromatic carbocycles. The Morgan fingerprint density at radius 3 is 2.23 bits per heavy atom.